The van der Waals surface area contributed by atoms with Gasteiger partial charge in [-0.1, -0.05) is 59.8 Å². The molecule has 0 amide bonds. The van der Waals surface area contributed by atoms with Gasteiger partial charge >= 0.3 is 0 Å². The first-order chi connectivity index (χ1) is 8.81. The van der Waals surface area contributed by atoms with Crippen molar-refractivity contribution in [3.8, 4) is 5.75 Å². The molecule has 3 rings (SSSR count). The average molecular weight is 309 g/mol. The summed E-state index contributed by atoms with van der Waals surface area (Å²) in [6, 6.07) is 10.3. The first-order valence-electron chi connectivity index (χ1n) is 7.17. The highest BCUT2D eigenvalue weighted by Gasteiger charge is 2.54. The number of hydrogen-bond acceptors (Lipinski definition) is 1. The lowest BCUT2D eigenvalue weighted by Gasteiger charge is -2.53. The van der Waals surface area contributed by atoms with Crippen molar-refractivity contribution in [2.24, 2.45) is 5.41 Å². The Balaban J connectivity index is 1.72. The summed E-state index contributed by atoms with van der Waals surface area (Å²) in [5, 5.41) is 0. The lowest BCUT2D eigenvalue weighted by Crippen LogP contribution is -2.56. The average Bonchev–Trinajstić information content (AvgIpc) is 2.67. The molecule has 1 nitrogen and oxygen atoms in total. The molecule has 2 unspecified atom stereocenters. The molecule has 18 heavy (non-hydrogen) atoms. The molecule has 1 spiro atoms. The number of ether oxygens (including phenoxy) is 1. The zero-order valence-electron chi connectivity index (χ0n) is 10.8. The van der Waals surface area contributed by atoms with Crippen molar-refractivity contribution in [1.82, 2.24) is 0 Å². The van der Waals surface area contributed by atoms with Gasteiger partial charge in [0.25, 0.3) is 0 Å². The first-order valence-corrected chi connectivity index (χ1v) is 8.09. The van der Waals surface area contributed by atoms with Gasteiger partial charge in [0.15, 0.2) is 0 Å². The Morgan fingerprint density at radius 3 is 2.28 bits per heavy atom. The minimum absolute atomic E-state index is 0.409. The van der Waals surface area contributed by atoms with Crippen LogP contribution in [0.4, 0.5) is 0 Å². The summed E-state index contributed by atoms with van der Waals surface area (Å²) in [6.07, 6.45) is 9.80. The van der Waals surface area contributed by atoms with Gasteiger partial charge in [0.2, 0.25) is 0 Å². The fraction of sp³-hybridized carbons (Fsp3) is 0.625. The molecule has 0 N–H and O–H groups in total. The molecule has 1 aromatic rings. The molecule has 2 saturated carbocycles. The number of halogens is 1. The largest absolute Gasteiger partial charge is 0.490 e. The van der Waals surface area contributed by atoms with E-state index in [-0.39, 0.29) is 0 Å². The molecular formula is C16H21BrO. The third kappa shape index (κ3) is 2.20. The molecule has 0 aromatic heterocycles. The van der Waals surface area contributed by atoms with E-state index in [0.29, 0.717) is 16.3 Å². The lowest BCUT2D eigenvalue weighted by molar-refractivity contribution is -0.0461. The number of rotatable bonds is 2. The number of alkyl halides is 1. The predicted molar refractivity (Wildman–Crippen MR) is 78.3 cm³/mol. The van der Waals surface area contributed by atoms with E-state index in [9.17, 15) is 0 Å². The third-order valence-electron chi connectivity index (χ3n) is 4.74. The van der Waals surface area contributed by atoms with Crippen molar-refractivity contribution in [1.29, 1.82) is 0 Å². The quantitative estimate of drug-likeness (QED) is 0.703. The van der Waals surface area contributed by atoms with Crippen molar-refractivity contribution >= 4 is 15.9 Å². The van der Waals surface area contributed by atoms with Crippen molar-refractivity contribution < 1.29 is 4.74 Å². The van der Waals surface area contributed by atoms with Gasteiger partial charge in [0, 0.05) is 10.2 Å². The maximum atomic E-state index is 6.24. The summed E-state index contributed by atoms with van der Waals surface area (Å²) in [5.41, 5.74) is 0.409. The topological polar surface area (TPSA) is 9.23 Å². The Kier molecular flexibility index (Phi) is 3.65. The maximum absolute atomic E-state index is 6.24. The second-order valence-corrected chi connectivity index (χ2v) is 6.88. The minimum Gasteiger partial charge on any atom is -0.490 e. The van der Waals surface area contributed by atoms with Crippen LogP contribution in [-0.4, -0.2) is 10.9 Å². The molecule has 0 saturated heterocycles. The fourth-order valence-corrected chi connectivity index (χ4v) is 4.64. The van der Waals surface area contributed by atoms with Crippen LogP contribution in [0.1, 0.15) is 44.9 Å². The van der Waals surface area contributed by atoms with Crippen LogP contribution in [0.25, 0.3) is 0 Å². The highest BCUT2D eigenvalue weighted by atomic mass is 79.9. The van der Waals surface area contributed by atoms with Crippen LogP contribution in [0.3, 0.4) is 0 Å². The molecule has 2 fully saturated rings. The van der Waals surface area contributed by atoms with E-state index in [1.165, 1.54) is 38.5 Å². The van der Waals surface area contributed by atoms with Crippen LogP contribution in [-0.2, 0) is 0 Å². The SMILES string of the molecule is BrC1CC(Oc2ccccc2)C12CCCCCC2. The van der Waals surface area contributed by atoms with E-state index in [1.807, 2.05) is 6.07 Å². The lowest BCUT2D eigenvalue weighted by atomic mass is 9.61. The summed E-state index contributed by atoms with van der Waals surface area (Å²) in [4.78, 5) is 0.664. The van der Waals surface area contributed by atoms with Crippen molar-refractivity contribution in [3.05, 3.63) is 30.3 Å². The molecule has 0 radical (unpaired) electrons. The van der Waals surface area contributed by atoms with Gasteiger partial charge in [-0.3, -0.25) is 0 Å². The first kappa shape index (κ1) is 12.5. The van der Waals surface area contributed by atoms with E-state index in [0.717, 1.165) is 12.2 Å². The number of benzene rings is 1. The van der Waals surface area contributed by atoms with E-state index in [4.69, 9.17) is 4.74 Å². The molecule has 2 aliphatic carbocycles. The molecule has 2 aliphatic rings. The summed E-state index contributed by atoms with van der Waals surface area (Å²) in [5.74, 6) is 1.03. The van der Waals surface area contributed by atoms with Crippen LogP contribution < -0.4 is 4.74 Å². The van der Waals surface area contributed by atoms with Gasteiger partial charge in [0.1, 0.15) is 11.9 Å². The standard InChI is InChI=1S/C16H21BrO/c17-14-12-15(18-13-8-4-3-5-9-13)16(14)10-6-1-2-7-11-16/h3-5,8-9,14-15H,1-2,6-7,10-12H2. The smallest absolute Gasteiger partial charge is 0.119 e. The van der Waals surface area contributed by atoms with Gasteiger partial charge in [-0.25, -0.2) is 0 Å². The normalized spacial score (nSPS) is 30.5. The van der Waals surface area contributed by atoms with E-state index in [2.05, 4.69) is 40.2 Å². The summed E-state index contributed by atoms with van der Waals surface area (Å²) in [7, 11) is 0. The van der Waals surface area contributed by atoms with Crippen molar-refractivity contribution in [2.75, 3.05) is 0 Å². The Morgan fingerprint density at radius 1 is 1.00 bits per heavy atom. The Bertz CT molecular complexity index is 381. The van der Waals surface area contributed by atoms with Crippen LogP contribution in [0.15, 0.2) is 30.3 Å². The Labute approximate surface area is 118 Å². The fourth-order valence-electron chi connectivity index (χ4n) is 3.55. The molecule has 0 aliphatic heterocycles. The summed E-state index contributed by atoms with van der Waals surface area (Å²) >= 11 is 3.89. The molecule has 98 valence electrons. The molecule has 1 aromatic carbocycles. The van der Waals surface area contributed by atoms with Crippen LogP contribution >= 0.6 is 15.9 Å². The Morgan fingerprint density at radius 2 is 1.67 bits per heavy atom. The number of para-hydroxylation sites is 1. The molecule has 0 heterocycles. The molecule has 2 heteroatoms. The predicted octanol–water partition coefficient (Wildman–Crippen LogP) is 4.94. The second kappa shape index (κ2) is 5.24. The van der Waals surface area contributed by atoms with Gasteiger partial charge in [0.05, 0.1) is 0 Å². The van der Waals surface area contributed by atoms with Gasteiger partial charge in [-0.15, -0.1) is 0 Å². The summed E-state index contributed by atoms with van der Waals surface area (Å²) in [6.45, 7) is 0. The zero-order chi connectivity index (χ0) is 12.4. The molecular weight excluding hydrogens is 288 g/mol. The van der Waals surface area contributed by atoms with Crippen LogP contribution in [0.2, 0.25) is 0 Å². The van der Waals surface area contributed by atoms with Gasteiger partial charge < -0.3 is 4.74 Å². The number of hydrogen-bond donors (Lipinski definition) is 0. The minimum atomic E-state index is 0.409. The molecule has 0 bridgehead atoms. The monoisotopic (exact) mass is 308 g/mol. The zero-order valence-corrected chi connectivity index (χ0v) is 12.4. The Hall–Kier alpha value is -0.500. The van der Waals surface area contributed by atoms with Gasteiger partial charge in [-0.2, -0.15) is 0 Å². The van der Waals surface area contributed by atoms with Crippen LogP contribution in [0.5, 0.6) is 5.75 Å². The highest BCUT2D eigenvalue weighted by Crippen LogP contribution is 2.55. The van der Waals surface area contributed by atoms with Crippen molar-refractivity contribution in [2.45, 2.75) is 55.9 Å². The maximum Gasteiger partial charge on any atom is 0.119 e. The van der Waals surface area contributed by atoms with E-state index in [1.54, 1.807) is 0 Å². The molecule has 2 atom stereocenters. The third-order valence-corrected chi connectivity index (χ3v) is 6.03. The highest BCUT2D eigenvalue weighted by molar-refractivity contribution is 9.09. The van der Waals surface area contributed by atoms with E-state index >= 15 is 0 Å². The summed E-state index contributed by atoms with van der Waals surface area (Å²) < 4.78 is 6.24. The van der Waals surface area contributed by atoms with Gasteiger partial charge in [-0.05, 0) is 31.4 Å². The second-order valence-electron chi connectivity index (χ2n) is 5.77. The van der Waals surface area contributed by atoms with E-state index < -0.39 is 0 Å². The van der Waals surface area contributed by atoms with Crippen LogP contribution in [0, 0.1) is 5.41 Å². The van der Waals surface area contributed by atoms with Crippen molar-refractivity contribution in [3.63, 3.8) is 0 Å².